The summed E-state index contributed by atoms with van der Waals surface area (Å²) in [6.45, 7) is 0.225. The number of hydrogen-bond acceptors (Lipinski definition) is 5. The van der Waals surface area contributed by atoms with E-state index < -0.39 is 12.0 Å². The van der Waals surface area contributed by atoms with Crippen molar-refractivity contribution in [2.24, 2.45) is 5.73 Å². The smallest absolute Gasteiger partial charge is 0.320 e. The number of ether oxygens (including phenoxy) is 2. The SMILES string of the molecule is COc1ccccc1OCc1ccc(CC(N)C(=O)O)o1. The molecule has 2 aromatic rings. The van der Waals surface area contributed by atoms with Gasteiger partial charge in [-0.05, 0) is 24.3 Å². The van der Waals surface area contributed by atoms with Crippen LogP contribution >= 0.6 is 0 Å². The van der Waals surface area contributed by atoms with Crippen LogP contribution in [0.2, 0.25) is 0 Å². The largest absolute Gasteiger partial charge is 0.493 e. The average Bonchev–Trinajstić information content (AvgIpc) is 2.92. The fourth-order valence-electron chi connectivity index (χ4n) is 1.80. The van der Waals surface area contributed by atoms with Gasteiger partial charge in [0.25, 0.3) is 0 Å². The molecule has 21 heavy (non-hydrogen) atoms. The number of carboxylic acids is 1. The molecule has 0 saturated carbocycles. The standard InChI is InChI=1S/C15H17NO5/c1-19-13-4-2-3-5-14(13)20-9-11-7-6-10(21-11)8-12(16)15(17)18/h2-7,12H,8-9,16H2,1H3,(H,17,18). The minimum absolute atomic E-state index is 0.143. The van der Waals surface area contributed by atoms with E-state index in [-0.39, 0.29) is 13.0 Å². The second-order valence-electron chi connectivity index (χ2n) is 4.46. The summed E-state index contributed by atoms with van der Waals surface area (Å²) in [5, 5.41) is 8.75. The van der Waals surface area contributed by atoms with E-state index in [1.165, 1.54) is 0 Å². The van der Waals surface area contributed by atoms with E-state index in [9.17, 15) is 4.79 Å². The van der Waals surface area contributed by atoms with Gasteiger partial charge < -0.3 is 24.7 Å². The number of aliphatic carboxylic acids is 1. The summed E-state index contributed by atoms with van der Waals surface area (Å²) >= 11 is 0. The van der Waals surface area contributed by atoms with Crippen molar-refractivity contribution in [3.05, 3.63) is 47.9 Å². The monoisotopic (exact) mass is 291 g/mol. The highest BCUT2D eigenvalue weighted by atomic mass is 16.5. The molecule has 0 radical (unpaired) electrons. The number of nitrogens with two attached hydrogens (primary N) is 1. The zero-order valence-corrected chi connectivity index (χ0v) is 11.6. The van der Waals surface area contributed by atoms with Crippen molar-refractivity contribution in [2.75, 3.05) is 7.11 Å². The first-order chi connectivity index (χ1) is 10.1. The summed E-state index contributed by atoms with van der Waals surface area (Å²) in [5.41, 5.74) is 5.45. The average molecular weight is 291 g/mol. The molecule has 0 aliphatic rings. The molecule has 1 atom stereocenters. The molecule has 3 N–H and O–H groups in total. The lowest BCUT2D eigenvalue weighted by molar-refractivity contribution is -0.138. The minimum atomic E-state index is -1.06. The van der Waals surface area contributed by atoms with Gasteiger partial charge in [0.05, 0.1) is 7.11 Å². The topological polar surface area (TPSA) is 94.9 Å². The van der Waals surface area contributed by atoms with Crippen molar-refractivity contribution in [2.45, 2.75) is 19.1 Å². The number of methoxy groups -OCH3 is 1. The van der Waals surface area contributed by atoms with E-state index in [0.717, 1.165) is 0 Å². The molecule has 0 saturated heterocycles. The van der Waals surface area contributed by atoms with Gasteiger partial charge in [0, 0.05) is 6.42 Å². The van der Waals surface area contributed by atoms with Gasteiger partial charge >= 0.3 is 5.97 Å². The third-order valence-corrected chi connectivity index (χ3v) is 2.89. The Bertz CT molecular complexity index is 608. The number of rotatable bonds is 7. The predicted molar refractivity (Wildman–Crippen MR) is 75.3 cm³/mol. The van der Waals surface area contributed by atoms with E-state index in [1.54, 1.807) is 31.4 Å². The minimum Gasteiger partial charge on any atom is -0.493 e. The van der Waals surface area contributed by atoms with Gasteiger partial charge in [-0.2, -0.15) is 0 Å². The Balaban J connectivity index is 1.95. The van der Waals surface area contributed by atoms with E-state index in [1.807, 2.05) is 12.1 Å². The Kier molecular flexibility index (Phi) is 4.84. The van der Waals surface area contributed by atoms with E-state index in [0.29, 0.717) is 23.0 Å². The van der Waals surface area contributed by atoms with Crippen molar-refractivity contribution in [1.82, 2.24) is 0 Å². The molecule has 0 amide bonds. The molecule has 1 aromatic heterocycles. The van der Waals surface area contributed by atoms with E-state index in [2.05, 4.69) is 0 Å². The first-order valence-corrected chi connectivity index (χ1v) is 6.42. The zero-order valence-electron chi connectivity index (χ0n) is 11.6. The van der Waals surface area contributed by atoms with Crippen LogP contribution in [-0.2, 0) is 17.8 Å². The summed E-state index contributed by atoms with van der Waals surface area (Å²) in [7, 11) is 1.57. The Morgan fingerprint density at radius 1 is 1.24 bits per heavy atom. The summed E-state index contributed by atoms with van der Waals surface area (Å²) in [4.78, 5) is 10.7. The summed E-state index contributed by atoms with van der Waals surface area (Å²) < 4.78 is 16.3. The van der Waals surface area contributed by atoms with Crippen LogP contribution in [0.25, 0.3) is 0 Å². The fraction of sp³-hybridized carbons (Fsp3) is 0.267. The molecule has 112 valence electrons. The maximum atomic E-state index is 10.7. The maximum absolute atomic E-state index is 10.7. The van der Waals surface area contributed by atoms with E-state index >= 15 is 0 Å². The quantitative estimate of drug-likeness (QED) is 0.808. The zero-order chi connectivity index (χ0) is 15.2. The molecule has 0 aliphatic carbocycles. The third kappa shape index (κ3) is 4.00. The molecule has 0 spiro atoms. The van der Waals surface area contributed by atoms with Crippen LogP contribution in [0.4, 0.5) is 0 Å². The Labute approximate surface area is 122 Å². The van der Waals surface area contributed by atoms with Crippen molar-refractivity contribution >= 4 is 5.97 Å². The molecular weight excluding hydrogens is 274 g/mol. The lowest BCUT2D eigenvalue weighted by Crippen LogP contribution is -2.32. The Hall–Kier alpha value is -2.47. The normalized spacial score (nSPS) is 11.9. The molecule has 0 fully saturated rings. The highest BCUT2D eigenvalue weighted by Crippen LogP contribution is 2.26. The fourth-order valence-corrected chi connectivity index (χ4v) is 1.80. The predicted octanol–water partition coefficient (Wildman–Crippen LogP) is 1.82. The molecule has 2 rings (SSSR count). The van der Waals surface area contributed by atoms with E-state index in [4.69, 9.17) is 24.7 Å². The molecule has 1 heterocycles. The summed E-state index contributed by atoms with van der Waals surface area (Å²) in [6.07, 6.45) is 0.143. The van der Waals surface area contributed by atoms with Crippen molar-refractivity contribution in [1.29, 1.82) is 0 Å². The molecule has 6 heteroatoms. The number of para-hydroxylation sites is 2. The third-order valence-electron chi connectivity index (χ3n) is 2.89. The highest BCUT2D eigenvalue weighted by molar-refractivity contribution is 5.73. The highest BCUT2D eigenvalue weighted by Gasteiger charge is 2.15. The van der Waals surface area contributed by atoms with Crippen LogP contribution < -0.4 is 15.2 Å². The number of benzene rings is 1. The van der Waals surface area contributed by atoms with Gasteiger partial charge in [-0.15, -0.1) is 0 Å². The number of carbonyl (C=O) groups is 1. The number of furan rings is 1. The Morgan fingerprint density at radius 3 is 2.57 bits per heavy atom. The van der Waals surface area contributed by atoms with Crippen LogP contribution in [0.3, 0.4) is 0 Å². The number of hydrogen-bond donors (Lipinski definition) is 2. The molecular formula is C15H17NO5. The molecule has 1 aromatic carbocycles. The maximum Gasteiger partial charge on any atom is 0.320 e. The van der Waals surface area contributed by atoms with Gasteiger partial charge in [-0.3, -0.25) is 4.79 Å². The van der Waals surface area contributed by atoms with Gasteiger partial charge in [0.2, 0.25) is 0 Å². The Morgan fingerprint density at radius 2 is 1.90 bits per heavy atom. The van der Waals surface area contributed by atoms with Gasteiger partial charge in [-0.1, -0.05) is 12.1 Å². The van der Waals surface area contributed by atoms with Gasteiger partial charge in [-0.25, -0.2) is 0 Å². The number of carboxylic acid groups (broad SMARTS) is 1. The second-order valence-corrected chi connectivity index (χ2v) is 4.46. The van der Waals surface area contributed by atoms with Gasteiger partial charge in [0.1, 0.15) is 24.2 Å². The summed E-state index contributed by atoms with van der Waals surface area (Å²) in [5.74, 6) is 1.30. The molecule has 6 nitrogen and oxygen atoms in total. The molecule has 0 bridgehead atoms. The van der Waals surface area contributed by atoms with Crippen molar-refractivity contribution in [3.8, 4) is 11.5 Å². The van der Waals surface area contributed by atoms with Crippen molar-refractivity contribution < 1.29 is 23.8 Å². The van der Waals surface area contributed by atoms with Gasteiger partial charge in [0.15, 0.2) is 11.5 Å². The lowest BCUT2D eigenvalue weighted by atomic mass is 10.2. The lowest BCUT2D eigenvalue weighted by Gasteiger charge is -2.09. The molecule has 1 unspecified atom stereocenters. The molecule has 0 aliphatic heterocycles. The van der Waals surface area contributed by atoms with Crippen LogP contribution in [0, 0.1) is 0 Å². The van der Waals surface area contributed by atoms with Crippen LogP contribution in [0.15, 0.2) is 40.8 Å². The van der Waals surface area contributed by atoms with Crippen LogP contribution in [-0.4, -0.2) is 24.2 Å². The first-order valence-electron chi connectivity index (χ1n) is 6.42. The van der Waals surface area contributed by atoms with Crippen LogP contribution in [0.5, 0.6) is 11.5 Å². The summed E-state index contributed by atoms with van der Waals surface area (Å²) in [6, 6.07) is 9.75. The van der Waals surface area contributed by atoms with Crippen molar-refractivity contribution in [3.63, 3.8) is 0 Å². The van der Waals surface area contributed by atoms with Crippen LogP contribution in [0.1, 0.15) is 11.5 Å². The first kappa shape index (κ1) is 14.9. The second kappa shape index (κ2) is 6.81.